The molecule has 0 radical (unpaired) electrons. The first kappa shape index (κ1) is 22.6. The predicted molar refractivity (Wildman–Crippen MR) is 124 cm³/mol. The van der Waals surface area contributed by atoms with Crippen molar-refractivity contribution in [2.24, 2.45) is 0 Å². The maximum absolute atomic E-state index is 12.8. The summed E-state index contributed by atoms with van der Waals surface area (Å²) in [5, 5.41) is 3.15. The Bertz CT molecular complexity index is 841. The van der Waals surface area contributed by atoms with Crippen LogP contribution in [-0.4, -0.2) is 56.9 Å². The van der Waals surface area contributed by atoms with Gasteiger partial charge in [0.15, 0.2) is 0 Å². The van der Waals surface area contributed by atoms with Crippen LogP contribution < -0.4 is 14.8 Å². The van der Waals surface area contributed by atoms with Crippen molar-refractivity contribution in [3.63, 3.8) is 0 Å². The van der Waals surface area contributed by atoms with Gasteiger partial charge in [0, 0.05) is 18.7 Å². The van der Waals surface area contributed by atoms with Crippen LogP contribution in [0.5, 0.6) is 11.5 Å². The van der Waals surface area contributed by atoms with Gasteiger partial charge in [-0.1, -0.05) is 18.6 Å². The van der Waals surface area contributed by atoms with Crippen LogP contribution in [0.15, 0.2) is 48.5 Å². The summed E-state index contributed by atoms with van der Waals surface area (Å²) in [5.41, 5.74) is 1.84. The van der Waals surface area contributed by atoms with Crippen LogP contribution in [0.3, 0.4) is 0 Å². The van der Waals surface area contributed by atoms with Gasteiger partial charge in [-0.3, -0.25) is 9.69 Å². The summed E-state index contributed by atoms with van der Waals surface area (Å²) >= 11 is 0. The zero-order valence-corrected chi connectivity index (χ0v) is 18.9. The molecule has 2 aromatic rings. The second-order valence-electron chi connectivity index (χ2n) is 8.57. The van der Waals surface area contributed by atoms with Crippen molar-refractivity contribution in [2.75, 3.05) is 40.0 Å². The average molecular weight is 439 g/mol. The van der Waals surface area contributed by atoms with Gasteiger partial charge in [0.05, 0.1) is 19.3 Å². The normalized spacial score (nSPS) is 20.0. The molecule has 0 spiro atoms. The van der Waals surface area contributed by atoms with E-state index < -0.39 is 0 Å². The second kappa shape index (κ2) is 11.3. The largest absolute Gasteiger partial charge is 0.497 e. The highest BCUT2D eigenvalue weighted by molar-refractivity contribution is 5.94. The molecular weight excluding hydrogens is 404 g/mol. The molecule has 0 aromatic heterocycles. The molecular formula is C26H34N2O4. The standard InChI is InChI=1S/C26H34N2O4/c1-30-22-11-7-20(8-12-22)25(28-15-3-2-4-16-28)18-27-26(29)21-9-13-23(14-10-21)32-19-24-6-5-17-31-24/h7-14,24-25H,2-6,15-19H2,1H3,(H,27,29)/t24-,25-/m1/s1. The molecule has 2 aromatic carbocycles. The third kappa shape index (κ3) is 6.02. The van der Waals surface area contributed by atoms with Gasteiger partial charge >= 0.3 is 0 Å². The first-order valence-corrected chi connectivity index (χ1v) is 11.7. The second-order valence-corrected chi connectivity index (χ2v) is 8.57. The van der Waals surface area contributed by atoms with E-state index in [1.54, 1.807) is 7.11 Å². The third-order valence-electron chi connectivity index (χ3n) is 6.36. The number of rotatable bonds is 9. The quantitative estimate of drug-likeness (QED) is 0.636. The van der Waals surface area contributed by atoms with Gasteiger partial charge in [0.25, 0.3) is 5.91 Å². The number of nitrogens with one attached hydrogen (secondary N) is 1. The SMILES string of the molecule is COc1ccc([C@@H](CNC(=O)c2ccc(OC[C@H]3CCCO3)cc2)N2CCCCC2)cc1. The first-order chi connectivity index (χ1) is 15.7. The molecule has 2 saturated heterocycles. The Morgan fingerprint density at radius 3 is 2.41 bits per heavy atom. The highest BCUT2D eigenvalue weighted by Gasteiger charge is 2.23. The fraction of sp³-hybridized carbons (Fsp3) is 0.500. The van der Waals surface area contributed by atoms with Crippen LogP contribution in [0.25, 0.3) is 0 Å². The summed E-state index contributed by atoms with van der Waals surface area (Å²) in [6, 6.07) is 15.7. The Labute approximate surface area is 190 Å². The Balaban J connectivity index is 1.35. The van der Waals surface area contributed by atoms with Crippen LogP contribution in [0, 0.1) is 0 Å². The van der Waals surface area contributed by atoms with Crippen LogP contribution in [-0.2, 0) is 4.74 Å². The molecule has 6 heteroatoms. The molecule has 32 heavy (non-hydrogen) atoms. The van der Waals surface area contributed by atoms with E-state index in [9.17, 15) is 4.79 Å². The third-order valence-corrected chi connectivity index (χ3v) is 6.36. The molecule has 0 saturated carbocycles. The Hall–Kier alpha value is -2.57. The lowest BCUT2D eigenvalue weighted by atomic mass is 10.0. The topological polar surface area (TPSA) is 60.0 Å². The molecule has 0 unspecified atom stereocenters. The van der Waals surface area contributed by atoms with Crippen molar-refractivity contribution in [3.8, 4) is 11.5 Å². The smallest absolute Gasteiger partial charge is 0.251 e. The van der Waals surface area contributed by atoms with E-state index in [1.165, 1.54) is 24.8 Å². The Morgan fingerprint density at radius 1 is 1.03 bits per heavy atom. The number of amides is 1. The van der Waals surface area contributed by atoms with Gasteiger partial charge in [-0.2, -0.15) is 0 Å². The van der Waals surface area contributed by atoms with Crippen molar-refractivity contribution in [2.45, 2.75) is 44.2 Å². The van der Waals surface area contributed by atoms with Crippen LogP contribution in [0.2, 0.25) is 0 Å². The van der Waals surface area contributed by atoms with Crippen LogP contribution in [0.4, 0.5) is 0 Å². The maximum Gasteiger partial charge on any atom is 0.251 e. The van der Waals surface area contributed by atoms with Gasteiger partial charge in [0.1, 0.15) is 18.1 Å². The van der Waals surface area contributed by atoms with E-state index in [2.05, 4.69) is 22.3 Å². The molecule has 2 heterocycles. The predicted octanol–water partition coefficient (Wildman–Crippen LogP) is 4.21. The number of likely N-dealkylation sites (tertiary alicyclic amines) is 1. The zero-order valence-electron chi connectivity index (χ0n) is 18.9. The number of carbonyl (C=O) groups is 1. The summed E-state index contributed by atoms with van der Waals surface area (Å²) < 4.78 is 16.7. The van der Waals surface area contributed by atoms with E-state index in [4.69, 9.17) is 14.2 Å². The lowest BCUT2D eigenvalue weighted by Crippen LogP contribution is -2.40. The number of hydrogen-bond acceptors (Lipinski definition) is 5. The van der Waals surface area contributed by atoms with Crippen LogP contribution in [0.1, 0.15) is 54.1 Å². The van der Waals surface area contributed by atoms with E-state index in [-0.39, 0.29) is 18.1 Å². The number of ether oxygens (including phenoxy) is 3. The maximum atomic E-state index is 12.8. The molecule has 6 nitrogen and oxygen atoms in total. The van der Waals surface area contributed by atoms with Gasteiger partial charge in [-0.25, -0.2) is 0 Å². The number of benzene rings is 2. The Kier molecular flexibility index (Phi) is 8.02. The van der Waals surface area contributed by atoms with Gasteiger partial charge in [0.2, 0.25) is 0 Å². The summed E-state index contributed by atoms with van der Waals surface area (Å²) in [6.07, 6.45) is 6.01. The number of methoxy groups -OCH3 is 1. The van der Waals surface area contributed by atoms with Crippen molar-refractivity contribution in [3.05, 3.63) is 59.7 Å². The fourth-order valence-electron chi connectivity index (χ4n) is 4.47. The molecule has 0 aliphatic carbocycles. The monoisotopic (exact) mass is 438 g/mol. The molecule has 4 rings (SSSR count). The van der Waals surface area contributed by atoms with Crippen molar-refractivity contribution in [1.82, 2.24) is 10.2 Å². The highest BCUT2D eigenvalue weighted by atomic mass is 16.5. The summed E-state index contributed by atoms with van der Waals surface area (Å²) in [7, 11) is 1.68. The number of carbonyl (C=O) groups excluding carboxylic acids is 1. The lowest BCUT2D eigenvalue weighted by molar-refractivity contribution is 0.0679. The zero-order chi connectivity index (χ0) is 22.2. The number of hydrogen-bond donors (Lipinski definition) is 1. The average Bonchev–Trinajstić information content (AvgIpc) is 3.38. The fourth-order valence-corrected chi connectivity index (χ4v) is 4.47. The minimum Gasteiger partial charge on any atom is -0.497 e. The van der Waals surface area contributed by atoms with Gasteiger partial charge < -0.3 is 19.5 Å². The first-order valence-electron chi connectivity index (χ1n) is 11.7. The number of nitrogens with zero attached hydrogens (tertiary/aromatic N) is 1. The van der Waals surface area contributed by atoms with Crippen molar-refractivity contribution >= 4 is 5.91 Å². The van der Waals surface area contributed by atoms with Crippen molar-refractivity contribution in [1.29, 1.82) is 0 Å². The van der Waals surface area contributed by atoms with Crippen LogP contribution >= 0.6 is 0 Å². The Morgan fingerprint density at radius 2 is 1.75 bits per heavy atom. The molecule has 2 atom stereocenters. The van der Waals surface area contributed by atoms with E-state index in [0.717, 1.165) is 44.0 Å². The molecule has 2 aliphatic heterocycles. The summed E-state index contributed by atoms with van der Waals surface area (Å²) in [4.78, 5) is 15.3. The van der Waals surface area contributed by atoms with Gasteiger partial charge in [-0.15, -0.1) is 0 Å². The molecule has 1 N–H and O–H groups in total. The van der Waals surface area contributed by atoms with Crippen molar-refractivity contribution < 1.29 is 19.0 Å². The summed E-state index contributed by atoms with van der Waals surface area (Å²) in [5.74, 6) is 1.55. The van der Waals surface area contributed by atoms with Gasteiger partial charge in [-0.05, 0) is 80.7 Å². The highest BCUT2D eigenvalue weighted by Crippen LogP contribution is 2.26. The molecule has 172 valence electrons. The molecule has 1 amide bonds. The molecule has 2 fully saturated rings. The minimum absolute atomic E-state index is 0.0637. The number of piperidine rings is 1. The lowest BCUT2D eigenvalue weighted by Gasteiger charge is -2.35. The minimum atomic E-state index is -0.0637. The van der Waals surface area contributed by atoms with E-state index in [1.807, 2.05) is 36.4 Å². The summed E-state index contributed by atoms with van der Waals surface area (Å²) in [6.45, 7) is 4.07. The molecule has 0 bridgehead atoms. The van der Waals surface area contributed by atoms with E-state index in [0.29, 0.717) is 18.7 Å². The van der Waals surface area contributed by atoms with E-state index >= 15 is 0 Å². The molecule has 2 aliphatic rings.